The lowest BCUT2D eigenvalue weighted by molar-refractivity contribution is -0.145. The molecular formula is C19H25N3O2. The Kier molecular flexibility index (Phi) is 5.64. The lowest BCUT2D eigenvalue weighted by Gasteiger charge is -2.35. The molecule has 0 radical (unpaired) electrons. The highest BCUT2D eigenvalue weighted by molar-refractivity contribution is 5.70. The molecule has 3 rings (SSSR count). The molecule has 0 amide bonds. The number of ether oxygens (including phenoxy) is 1. The van der Waals surface area contributed by atoms with Crippen molar-refractivity contribution in [1.82, 2.24) is 14.5 Å². The summed E-state index contributed by atoms with van der Waals surface area (Å²) in [6.45, 7) is 4.25. The van der Waals surface area contributed by atoms with E-state index in [4.69, 9.17) is 4.74 Å². The van der Waals surface area contributed by atoms with Gasteiger partial charge in [0.2, 0.25) is 0 Å². The van der Waals surface area contributed by atoms with Crippen molar-refractivity contribution in [3.05, 3.63) is 48.5 Å². The van der Waals surface area contributed by atoms with Crippen LogP contribution in [0.1, 0.15) is 38.2 Å². The minimum Gasteiger partial charge on any atom is -0.466 e. The van der Waals surface area contributed by atoms with Crippen LogP contribution in [-0.2, 0) is 16.1 Å². The first kappa shape index (κ1) is 16.7. The van der Waals surface area contributed by atoms with Crippen LogP contribution in [-0.4, -0.2) is 39.6 Å². The molecule has 1 atom stereocenters. The molecule has 1 aliphatic heterocycles. The third kappa shape index (κ3) is 4.23. The summed E-state index contributed by atoms with van der Waals surface area (Å²) in [5, 5.41) is 0. The second kappa shape index (κ2) is 8.11. The fraction of sp³-hybridized carbons (Fsp3) is 0.474. The summed E-state index contributed by atoms with van der Waals surface area (Å²) in [6, 6.07) is 8.84. The van der Waals surface area contributed by atoms with Gasteiger partial charge in [0.1, 0.15) is 0 Å². The maximum absolute atomic E-state index is 11.8. The average molecular weight is 327 g/mol. The number of esters is 1. The van der Waals surface area contributed by atoms with Crippen LogP contribution in [0.5, 0.6) is 0 Å². The maximum Gasteiger partial charge on any atom is 0.307 e. The lowest BCUT2D eigenvalue weighted by Crippen LogP contribution is -2.40. The highest BCUT2D eigenvalue weighted by Crippen LogP contribution is 2.23. The van der Waals surface area contributed by atoms with E-state index in [-0.39, 0.29) is 5.97 Å². The SMILES string of the molecule is CCOC(=O)CC1CCCCN1Cc1ccc(-n2ccnc2)cc1. The van der Waals surface area contributed by atoms with Gasteiger partial charge >= 0.3 is 5.97 Å². The summed E-state index contributed by atoms with van der Waals surface area (Å²) in [7, 11) is 0. The van der Waals surface area contributed by atoms with Crippen LogP contribution in [0.2, 0.25) is 0 Å². The number of hydrogen-bond donors (Lipinski definition) is 0. The van der Waals surface area contributed by atoms with Gasteiger partial charge in [-0.1, -0.05) is 18.6 Å². The molecule has 0 spiro atoms. The van der Waals surface area contributed by atoms with Crippen molar-refractivity contribution in [3.63, 3.8) is 0 Å². The molecule has 5 nitrogen and oxygen atoms in total. The van der Waals surface area contributed by atoms with Gasteiger partial charge in [-0.05, 0) is 44.0 Å². The maximum atomic E-state index is 11.8. The van der Waals surface area contributed by atoms with Gasteiger partial charge < -0.3 is 9.30 Å². The van der Waals surface area contributed by atoms with E-state index in [9.17, 15) is 4.79 Å². The van der Waals surface area contributed by atoms with E-state index in [1.54, 1.807) is 12.5 Å². The van der Waals surface area contributed by atoms with Crippen molar-refractivity contribution in [3.8, 4) is 5.69 Å². The van der Waals surface area contributed by atoms with Gasteiger partial charge in [0.25, 0.3) is 0 Å². The number of piperidine rings is 1. The molecule has 0 saturated carbocycles. The van der Waals surface area contributed by atoms with Crippen LogP contribution < -0.4 is 0 Å². The number of aromatic nitrogens is 2. The first-order valence-corrected chi connectivity index (χ1v) is 8.73. The summed E-state index contributed by atoms with van der Waals surface area (Å²) in [5.41, 5.74) is 2.38. The molecule has 0 bridgehead atoms. The van der Waals surface area contributed by atoms with Crippen LogP contribution >= 0.6 is 0 Å². The Labute approximate surface area is 143 Å². The number of nitrogens with zero attached hydrogens (tertiary/aromatic N) is 3. The molecule has 5 heteroatoms. The minimum atomic E-state index is -0.0788. The highest BCUT2D eigenvalue weighted by Gasteiger charge is 2.25. The van der Waals surface area contributed by atoms with Crippen LogP contribution in [0, 0.1) is 0 Å². The third-order valence-electron chi connectivity index (χ3n) is 4.58. The molecule has 128 valence electrons. The summed E-state index contributed by atoms with van der Waals surface area (Å²) in [6.07, 6.45) is 9.49. The van der Waals surface area contributed by atoms with Crippen molar-refractivity contribution in [2.24, 2.45) is 0 Å². The Balaban J connectivity index is 1.63. The Morgan fingerprint density at radius 3 is 2.83 bits per heavy atom. The molecule has 1 unspecified atom stereocenters. The average Bonchev–Trinajstić information content (AvgIpc) is 3.12. The topological polar surface area (TPSA) is 47.4 Å². The van der Waals surface area contributed by atoms with Crippen molar-refractivity contribution >= 4 is 5.97 Å². The van der Waals surface area contributed by atoms with Crippen LogP contribution in [0.25, 0.3) is 5.69 Å². The summed E-state index contributed by atoms with van der Waals surface area (Å²) >= 11 is 0. The van der Waals surface area contributed by atoms with Crippen molar-refractivity contribution < 1.29 is 9.53 Å². The second-order valence-corrected chi connectivity index (χ2v) is 6.27. The monoisotopic (exact) mass is 327 g/mol. The van der Waals surface area contributed by atoms with Gasteiger partial charge in [-0.3, -0.25) is 9.69 Å². The van der Waals surface area contributed by atoms with Crippen molar-refractivity contribution in [1.29, 1.82) is 0 Å². The molecule has 1 saturated heterocycles. The van der Waals surface area contributed by atoms with E-state index in [2.05, 4.69) is 34.1 Å². The fourth-order valence-electron chi connectivity index (χ4n) is 3.33. The minimum absolute atomic E-state index is 0.0788. The predicted octanol–water partition coefficient (Wildman–Crippen LogP) is 3.18. The first-order valence-electron chi connectivity index (χ1n) is 8.73. The Hall–Kier alpha value is -2.14. The zero-order valence-electron chi connectivity index (χ0n) is 14.2. The Morgan fingerprint density at radius 2 is 2.12 bits per heavy atom. The van der Waals surface area contributed by atoms with Gasteiger partial charge in [0.15, 0.2) is 0 Å². The lowest BCUT2D eigenvalue weighted by atomic mass is 9.98. The molecule has 1 fully saturated rings. The van der Waals surface area contributed by atoms with Crippen LogP contribution in [0.4, 0.5) is 0 Å². The summed E-state index contributed by atoms with van der Waals surface area (Å²) < 4.78 is 7.12. The van der Waals surface area contributed by atoms with E-state index in [1.807, 2.05) is 17.7 Å². The number of carbonyl (C=O) groups excluding carboxylic acids is 1. The smallest absolute Gasteiger partial charge is 0.307 e. The van der Waals surface area contributed by atoms with E-state index in [1.165, 1.54) is 18.4 Å². The van der Waals surface area contributed by atoms with E-state index in [0.717, 1.165) is 25.2 Å². The third-order valence-corrected chi connectivity index (χ3v) is 4.58. The van der Waals surface area contributed by atoms with E-state index < -0.39 is 0 Å². The molecule has 24 heavy (non-hydrogen) atoms. The highest BCUT2D eigenvalue weighted by atomic mass is 16.5. The zero-order chi connectivity index (χ0) is 16.8. The van der Waals surface area contributed by atoms with Gasteiger partial charge in [0, 0.05) is 30.7 Å². The molecular weight excluding hydrogens is 302 g/mol. The summed E-state index contributed by atoms with van der Waals surface area (Å²) in [5.74, 6) is -0.0788. The number of hydrogen-bond acceptors (Lipinski definition) is 4. The molecule has 2 heterocycles. The molecule has 1 aromatic heterocycles. The largest absolute Gasteiger partial charge is 0.466 e. The van der Waals surface area contributed by atoms with Crippen molar-refractivity contribution in [2.45, 2.75) is 45.2 Å². The van der Waals surface area contributed by atoms with Gasteiger partial charge in [-0.2, -0.15) is 0 Å². The molecule has 2 aromatic rings. The Morgan fingerprint density at radius 1 is 1.29 bits per heavy atom. The van der Waals surface area contributed by atoms with Gasteiger partial charge in [-0.25, -0.2) is 4.98 Å². The standard InChI is InChI=1S/C19H25N3O2/c1-2-24-19(23)13-18-5-3-4-11-21(18)14-16-6-8-17(9-7-16)22-12-10-20-15-22/h6-10,12,15,18H,2-5,11,13-14H2,1H3. The number of imidazole rings is 1. The predicted molar refractivity (Wildman–Crippen MR) is 92.9 cm³/mol. The molecule has 0 aliphatic carbocycles. The van der Waals surface area contributed by atoms with E-state index in [0.29, 0.717) is 19.1 Å². The molecule has 1 aromatic carbocycles. The summed E-state index contributed by atoms with van der Waals surface area (Å²) in [4.78, 5) is 18.3. The fourth-order valence-corrected chi connectivity index (χ4v) is 3.33. The van der Waals surface area contributed by atoms with Crippen LogP contribution in [0.15, 0.2) is 43.0 Å². The zero-order valence-corrected chi connectivity index (χ0v) is 14.2. The quantitative estimate of drug-likeness (QED) is 0.765. The second-order valence-electron chi connectivity index (χ2n) is 6.27. The molecule has 1 aliphatic rings. The number of likely N-dealkylation sites (tertiary alicyclic amines) is 1. The Bertz CT molecular complexity index is 637. The normalized spacial score (nSPS) is 18.5. The van der Waals surface area contributed by atoms with Crippen LogP contribution in [0.3, 0.4) is 0 Å². The molecule has 0 N–H and O–H groups in total. The number of benzene rings is 1. The van der Waals surface area contributed by atoms with Crippen molar-refractivity contribution in [2.75, 3.05) is 13.2 Å². The number of rotatable bonds is 6. The number of carbonyl (C=O) groups is 1. The van der Waals surface area contributed by atoms with Gasteiger partial charge in [0.05, 0.1) is 19.4 Å². The van der Waals surface area contributed by atoms with E-state index >= 15 is 0 Å². The van der Waals surface area contributed by atoms with Gasteiger partial charge in [-0.15, -0.1) is 0 Å². The first-order chi connectivity index (χ1) is 11.8.